The number of rotatable bonds is 5. The van der Waals surface area contributed by atoms with Crippen molar-refractivity contribution in [1.82, 2.24) is 10.6 Å². The Labute approximate surface area is 99.4 Å². The maximum atomic E-state index is 11.7. The summed E-state index contributed by atoms with van der Waals surface area (Å²) in [6, 6.07) is 0.791. The second-order valence-corrected chi connectivity index (χ2v) is 5.16. The summed E-state index contributed by atoms with van der Waals surface area (Å²) in [7, 11) is 0. The van der Waals surface area contributed by atoms with Gasteiger partial charge in [-0.3, -0.25) is 4.79 Å². The summed E-state index contributed by atoms with van der Waals surface area (Å²) in [5.74, 6) is 0.843. The lowest BCUT2D eigenvalue weighted by molar-refractivity contribution is -0.121. The van der Waals surface area contributed by atoms with Crippen LogP contribution in [0.3, 0.4) is 0 Å². The Morgan fingerprint density at radius 2 is 2.00 bits per heavy atom. The molecule has 2 unspecified atom stereocenters. The van der Waals surface area contributed by atoms with Crippen molar-refractivity contribution in [3.8, 4) is 0 Å². The van der Waals surface area contributed by atoms with Crippen LogP contribution in [0.5, 0.6) is 0 Å². The third kappa shape index (κ3) is 4.52. The van der Waals surface area contributed by atoms with Gasteiger partial charge in [-0.1, -0.05) is 40.0 Å². The van der Waals surface area contributed by atoms with E-state index >= 15 is 0 Å². The third-order valence-electron chi connectivity index (χ3n) is 3.45. The van der Waals surface area contributed by atoms with Crippen LogP contribution in [-0.2, 0) is 4.79 Å². The van der Waals surface area contributed by atoms with Gasteiger partial charge in [0.25, 0.3) is 0 Å². The molecule has 0 heterocycles. The fourth-order valence-corrected chi connectivity index (χ4v) is 2.44. The van der Waals surface area contributed by atoms with Crippen LogP contribution in [0.2, 0.25) is 0 Å². The molecule has 0 aromatic heterocycles. The molecule has 1 aliphatic rings. The van der Waals surface area contributed by atoms with E-state index in [0.717, 1.165) is 6.42 Å². The second-order valence-electron chi connectivity index (χ2n) is 5.16. The fourth-order valence-electron chi connectivity index (χ4n) is 2.44. The first-order valence-electron chi connectivity index (χ1n) is 6.66. The molecule has 0 saturated heterocycles. The van der Waals surface area contributed by atoms with E-state index in [2.05, 4.69) is 31.4 Å². The number of carbonyl (C=O) groups is 1. The number of amides is 1. The Kier molecular flexibility index (Phi) is 5.81. The molecule has 0 aromatic carbocycles. The highest BCUT2D eigenvalue weighted by Crippen LogP contribution is 2.26. The average Bonchev–Trinajstić information content (AvgIpc) is 2.27. The molecule has 0 spiro atoms. The van der Waals surface area contributed by atoms with Crippen LogP contribution < -0.4 is 10.6 Å². The summed E-state index contributed by atoms with van der Waals surface area (Å²) in [6.45, 7) is 6.79. The zero-order valence-electron chi connectivity index (χ0n) is 10.9. The van der Waals surface area contributed by atoms with Crippen LogP contribution in [0.1, 0.15) is 52.9 Å². The monoisotopic (exact) mass is 226 g/mol. The van der Waals surface area contributed by atoms with E-state index in [1.807, 2.05) is 0 Å². The zero-order chi connectivity index (χ0) is 12.0. The summed E-state index contributed by atoms with van der Waals surface area (Å²) in [6.07, 6.45) is 6.21. The Balaban J connectivity index is 2.30. The predicted octanol–water partition coefficient (Wildman–Crippen LogP) is 2.07. The molecule has 1 saturated carbocycles. The van der Waals surface area contributed by atoms with E-state index in [4.69, 9.17) is 0 Å². The molecule has 1 rings (SSSR count). The van der Waals surface area contributed by atoms with Gasteiger partial charge in [0.2, 0.25) is 5.91 Å². The molecule has 0 aliphatic heterocycles. The quantitative estimate of drug-likeness (QED) is 0.753. The van der Waals surface area contributed by atoms with Gasteiger partial charge in [-0.25, -0.2) is 0 Å². The minimum atomic E-state index is 0.152. The second kappa shape index (κ2) is 6.89. The van der Waals surface area contributed by atoms with Crippen LogP contribution >= 0.6 is 0 Å². The molecule has 0 radical (unpaired) electrons. The smallest absolute Gasteiger partial charge is 0.234 e. The van der Waals surface area contributed by atoms with Crippen molar-refractivity contribution in [3.63, 3.8) is 0 Å². The molecule has 1 fully saturated rings. The van der Waals surface area contributed by atoms with Crippen molar-refractivity contribution in [2.24, 2.45) is 5.92 Å². The maximum absolute atomic E-state index is 11.7. The van der Waals surface area contributed by atoms with E-state index in [1.54, 1.807) is 0 Å². The van der Waals surface area contributed by atoms with Crippen LogP contribution in [0.4, 0.5) is 0 Å². The summed E-state index contributed by atoms with van der Waals surface area (Å²) < 4.78 is 0. The average molecular weight is 226 g/mol. The van der Waals surface area contributed by atoms with Crippen LogP contribution in [0.25, 0.3) is 0 Å². The van der Waals surface area contributed by atoms with Crippen molar-refractivity contribution < 1.29 is 4.79 Å². The molecule has 0 bridgehead atoms. The molecule has 2 N–H and O–H groups in total. The summed E-state index contributed by atoms with van der Waals surface area (Å²) >= 11 is 0. The van der Waals surface area contributed by atoms with Crippen LogP contribution in [0.15, 0.2) is 0 Å². The molecule has 16 heavy (non-hydrogen) atoms. The number of hydrogen-bond acceptors (Lipinski definition) is 2. The summed E-state index contributed by atoms with van der Waals surface area (Å²) in [5.41, 5.74) is 0. The van der Waals surface area contributed by atoms with Gasteiger partial charge in [-0.05, 0) is 18.8 Å². The standard InChI is InChI=1S/C13H26N2O/c1-4-11-7-5-6-8-12(11)15-13(16)9-14-10(2)3/h10-12,14H,4-9H2,1-3H3,(H,15,16). The summed E-state index contributed by atoms with van der Waals surface area (Å²) in [4.78, 5) is 11.7. The molecule has 1 aliphatic carbocycles. The van der Waals surface area contributed by atoms with Crippen molar-refractivity contribution >= 4 is 5.91 Å². The molecule has 3 nitrogen and oxygen atoms in total. The van der Waals surface area contributed by atoms with Crippen molar-refractivity contribution in [2.45, 2.75) is 65.0 Å². The topological polar surface area (TPSA) is 41.1 Å². The Hall–Kier alpha value is -0.570. The minimum absolute atomic E-state index is 0.152. The molecule has 0 aromatic rings. The van der Waals surface area contributed by atoms with Crippen LogP contribution in [-0.4, -0.2) is 24.5 Å². The van der Waals surface area contributed by atoms with E-state index in [9.17, 15) is 4.79 Å². The molecule has 94 valence electrons. The SMILES string of the molecule is CCC1CCCCC1NC(=O)CNC(C)C. The first-order valence-corrected chi connectivity index (χ1v) is 6.66. The lowest BCUT2D eigenvalue weighted by atomic mass is 9.83. The Bertz CT molecular complexity index is 216. The number of hydrogen-bond donors (Lipinski definition) is 2. The minimum Gasteiger partial charge on any atom is -0.352 e. The van der Waals surface area contributed by atoms with Gasteiger partial charge in [0, 0.05) is 12.1 Å². The van der Waals surface area contributed by atoms with Gasteiger partial charge in [-0.15, -0.1) is 0 Å². The predicted molar refractivity (Wildman–Crippen MR) is 67.3 cm³/mol. The highest BCUT2D eigenvalue weighted by atomic mass is 16.2. The third-order valence-corrected chi connectivity index (χ3v) is 3.45. The Morgan fingerprint density at radius 3 is 2.62 bits per heavy atom. The lowest BCUT2D eigenvalue weighted by Gasteiger charge is -2.31. The van der Waals surface area contributed by atoms with Gasteiger partial charge in [0.15, 0.2) is 0 Å². The van der Waals surface area contributed by atoms with Gasteiger partial charge in [0.05, 0.1) is 6.54 Å². The van der Waals surface area contributed by atoms with E-state index in [1.165, 1.54) is 25.7 Å². The van der Waals surface area contributed by atoms with E-state index in [0.29, 0.717) is 24.5 Å². The van der Waals surface area contributed by atoms with Gasteiger partial charge in [0.1, 0.15) is 0 Å². The van der Waals surface area contributed by atoms with Crippen molar-refractivity contribution in [1.29, 1.82) is 0 Å². The molecule has 1 amide bonds. The fraction of sp³-hybridized carbons (Fsp3) is 0.923. The molecular formula is C13H26N2O. The van der Waals surface area contributed by atoms with Gasteiger partial charge < -0.3 is 10.6 Å². The lowest BCUT2D eigenvalue weighted by Crippen LogP contribution is -2.46. The van der Waals surface area contributed by atoms with E-state index < -0.39 is 0 Å². The molecular weight excluding hydrogens is 200 g/mol. The first-order chi connectivity index (χ1) is 7.63. The van der Waals surface area contributed by atoms with Crippen LogP contribution in [0, 0.1) is 5.92 Å². The van der Waals surface area contributed by atoms with Crippen molar-refractivity contribution in [2.75, 3.05) is 6.54 Å². The Morgan fingerprint density at radius 1 is 1.31 bits per heavy atom. The van der Waals surface area contributed by atoms with E-state index in [-0.39, 0.29) is 5.91 Å². The number of nitrogens with one attached hydrogen (secondary N) is 2. The van der Waals surface area contributed by atoms with Crippen molar-refractivity contribution in [3.05, 3.63) is 0 Å². The van der Waals surface area contributed by atoms with Gasteiger partial charge in [-0.2, -0.15) is 0 Å². The molecule has 2 atom stereocenters. The summed E-state index contributed by atoms with van der Waals surface area (Å²) in [5, 5.41) is 6.33. The van der Waals surface area contributed by atoms with Gasteiger partial charge >= 0.3 is 0 Å². The maximum Gasteiger partial charge on any atom is 0.234 e. The normalized spacial score (nSPS) is 25.8. The number of carbonyl (C=O) groups excluding carboxylic acids is 1. The largest absolute Gasteiger partial charge is 0.352 e. The first kappa shape index (κ1) is 13.5. The zero-order valence-corrected chi connectivity index (χ0v) is 10.9. The highest BCUT2D eigenvalue weighted by Gasteiger charge is 2.24. The highest BCUT2D eigenvalue weighted by molar-refractivity contribution is 5.78. The molecule has 3 heteroatoms.